The highest BCUT2D eigenvalue weighted by Crippen LogP contribution is 2.41. The Morgan fingerprint density at radius 3 is 2.13 bits per heavy atom. The van der Waals surface area contributed by atoms with Crippen molar-refractivity contribution in [2.45, 2.75) is 45.7 Å². The highest BCUT2D eigenvalue weighted by atomic mass is 35.5. The summed E-state index contributed by atoms with van der Waals surface area (Å²) in [7, 11) is 0. The maximum absolute atomic E-state index is 14.8. The van der Waals surface area contributed by atoms with Crippen molar-refractivity contribution in [3.63, 3.8) is 0 Å². The van der Waals surface area contributed by atoms with Gasteiger partial charge in [0.25, 0.3) is 5.92 Å². The number of aryl methyl sites for hydroxylation is 1. The van der Waals surface area contributed by atoms with E-state index in [1.54, 1.807) is 13.8 Å². The number of benzene rings is 2. The van der Waals surface area contributed by atoms with E-state index >= 15 is 0 Å². The van der Waals surface area contributed by atoms with Crippen LogP contribution in [0.4, 0.5) is 26.3 Å². The molecule has 0 saturated heterocycles. The molecular weight excluding hydrogens is 430 g/mol. The maximum atomic E-state index is 14.8. The summed E-state index contributed by atoms with van der Waals surface area (Å²) in [4.78, 5) is 11.6. The van der Waals surface area contributed by atoms with Gasteiger partial charge >= 0.3 is 6.18 Å². The van der Waals surface area contributed by atoms with Gasteiger partial charge in [-0.15, -0.1) is 0 Å². The molecule has 1 nitrogen and oxygen atoms in total. The summed E-state index contributed by atoms with van der Waals surface area (Å²) in [5.74, 6) is -7.83. The quantitative estimate of drug-likeness (QED) is 0.335. The Labute approximate surface area is 175 Å². The van der Waals surface area contributed by atoms with E-state index in [0.29, 0.717) is 30.2 Å². The molecule has 0 saturated carbocycles. The van der Waals surface area contributed by atoms with Crippen LogP contribution in [0.2, 0.25) is 5.02 Å². The second kappa shape index (κ2) is 8.46. The number of Topliss-reactive ketones (excluding diaryl/α,β-unsaturated/α-hetero) is 1. The van der Waals surface area contributed by atoms with Crippen LogP contribution in [0.3, 0.4) is 0 Å². The van der Waals surface area contributed by atoms with E-state index in [1.807, 2.05) is 0 Å². The molecule has 0 aromatic heterocycles. The minimum absolute atomic E-state index is 0.104. The summed E-state index contributed by atoms with van der Waals surface area (Å²) >= 11 is 5.99. The van der Waals surface area contributed by atoms with Gasteiger partial charge in [-0.05, 0) is 55.7 Å². The van der Waals surface area contributed by atoms with E-state index in [9.17, 15) is 31.1 Å². The van der Waals surface area contributed by atoms with E-state index in [1.165, 1.54) is 6.07 Å². The number of alkyl halides is 5. The number of carbonyl (C=O) groups is 1. The van der Waals surface area contributed by atoms with Crippen LogP contribution >= 0.6 is 11.6 Å². The molecule has 162 valence electrons. The van der Waals surface area contributed by atoms with Gasteiger partial charge < -0.3 is 0 Å². The number of ketones is 1. The summed E-state index contributed by atoms with van der Waals surface area (Å²) in [6, 6.07) is 5.04. The first-order chi connectivity index (χ1) is 13.6. The zero-order valence-electron chi connectivity index (χ0n) is 16.6. The van der Waals surface area contributed by atoms with E-state index in [0.717, 1.165) is 25.1 Å². The average molecular weight is 449 g/mol. The van der Waals surface area contributed by atoms with Gasteiger partial charge in [0.2, 0.25) is 0 Å². The molecule has 1 atom stereocenters. The van der Waals surface area contributed by atoms with E-state index in [-0.39, 0.29) is 16.1 Å². The van der Waals surface area contributed by atoms with E-state index in [2.05, 4.69) is 0 Å². The van der Waals surface area contributed by atoms with E-state index in [4.69, 9.17) is 11.6 Å². The molecule has 2 aromatic carbocycles. The second-order valence-corrected chi connectivity index (χ2v) is 7.59. The van der Waals surface area contributed by atoms with Gasteiger partial charge in [0.15, 0.2) is 5.78 Å². The second-order valence-electron chi connectivity index (χ2n) is 7.18. The number of hydrogen-bond acceptors (Lipinski definition) is 1. The molecule has 2 aromatic rings. The number of rotatable bonds is 5. The summed E-state index contributed by atoms with van der Waals surface area (Å²) in [6.07, 6.45) is -4.53. The summed E-state index contributed by atoms with van der Waals surface area (Å²) in [5.41, 5.74) is -0.742. The number of halogens is 7. The van der Waals surface area contributed by atoms with Crippen molar-refractivity contribution >= 4 is 23.2 Å². The van der Waals surface area contributed by atoms with Crippen LogP contribution in [-0.2, 0) is 5.92 Å². The smallest absolute Gasteiger partial charge is 0.294 e. The Kier molecular flexibility index (Phi) is 6.76. The van der Waals surface area contributed by atoms with Gasteiger partial charge in [-0.1, -0.05) is 29.8 Å². The van der Waals surface area contributed by atoms with Gasteiger partial charge in [-0.25, -0.2) is 13.2 Å². The van der Waals surface area contributed by atoms with Gasteiger partial charge in [0.05, 0.1) is 0 Å². The minimum atomic E-state index is -4.85. The standard InChI is InChI=1S/C22H19ClF6O/c1-11-7-15(9-19(23)12(11)2)17(22(27,28)29)10-20(24)14-5-6-16(13(3)30)18(8-14)21(4,25)26/h5-10,17H,1-4H3/b20-10-. The summed E-state index contributed by atoms with van der Waals surface area (Å²) in [5, 5.41) is 0.104. The number of allylic oxidation sites excluding steroid dienone is 1. The van der Waals surface area contributed by atoms with Crippen molar-refractivity contribution in [3.8, 4) is 0 Å². The van der Waals surface area contributed by atoms with Crippen LogP contribution in [0.5, 0.6) is 0 Å². The van der Waals surface area contributed by atoms with Gasteiger partial charge in [0.1, 0.15) is 11.7 Å². The van der Waals surface area contributed by atoms with Crippen molar-refractivity contribution in [1.29, 1.82) is 0 Å². The first kappa shape index (κ1) is 24.0. The van der Waals surface area contributed by atoms with Crippen LogP contribution in [0, 0.1) is 13.8 Å². The molecule has 0 heterocycles. The fourth-order valence-electron chi connectivity index (χ4n) is 3.01. The lowest BCUT2D eigenvalue weighted by molar-refractivity contribution is -0.139. The van der Waals surface area contributed by atoms with Crippen molar-refractivity contribution in [2.24, 2.45) is 0 Å². The Morgan fingerprint density at radius 2 is 1.67 bits per heavy atom. The van der Waals surface area contributed by atoms with Crippen molar-refractivity contribution in [3.05, 3.63) is 74.8 Å². The summed E-state index contributed by atoms with van der Waals surface area (Å²) in [6.45, 7) is 4.81. The molecule has 30 heavy (non-hydrogen) atoms. The predicted molar refractivity (Wildman–Crippen MR) is 105 cm³/mol. The highest BCUT2D eigenvalue weighted by Gasteiger charge is 2.40. The van der Waals surface area contributed by atoms with Gasteiger partial charge in [-0.3, -0.25) is 4.79 Å². The number of carbonyl (C=O) groups excluding carboxylic acids is 1. The molecule has 0 aliphatic rings. The third kappa shape index (κ3) is 5.25. The van der Waals surface area contributed by atoms with Crippen LogP contribution in [0.25, 0.3) is 5.83 Å². The Morgan fingerprint density at radius 1 is 1.07 bits per heavy atom. The average Bonchev–Trinajstić information content (AvgIpc) is 2.61. The minimum Gasteiger partial charge on any atom is -0.294 e. The Bertz CT molecular complexity index is 979. The first-order valence-corrected chi connectivity index (χ1v) is 9.25. The third-order valence-electron chi connectivity index (χ3n) is 4.80. The lowest BCUT2D eigenvalue weighted by Crippen LogP contribution is -2.19. The van der Waals surface area contributed by atoms with Crippen molar-refractivity contribution < 1.29 is 31.1 Å². The zero-order valence-corrected chi connectivity index (χ0v) is 17.4. The van der Waals surface area contributed by atoms with Crippen LogP contribution in [0.15, 0.2) is 36.4 Å². The Balaban J connectivity index is 2.62. The monoisotopic (exact) mass is 448 g/mol. The topological polar surface area (TPSA) is 17.1 Å². The molecule has 0 aliphatic carbocycles. The predicted octanol–water partition coefficient (Wildman–Crippen LogP) is 7.93. The SMILES string of the molecule is CC(=O)c1ccc(/C(F)=C/C(c2cc(C)c(C)c(Cl)c2)C(F)(F)F)cc1C(C)(F)F. The van der Waals surface area contributed by atoms with E-state index < -0.39 is 40.8 Å². The Hall–Kier alpha value is -2.28. The molecule has 8 heteroatoms. The zero-order chi connectivity index (χ0) is 23.0. The molecule has 0 radical (unpaired) electrons. The molecular formula is C22H19ClF6O. The molecule has 0 N–H and O–H groups in total. The first-order valence-electron chi connectivity index (χ1n) is 8.87. The summed E-state index contributed by atoms with van der Waals surface area (Å²) < 4.78 is 83.5. The highest BCUT2D eigenvalue weighted by molar-refractivity contribution is 6.31. The van der Waals surface area contributed by atoms with Gasteiger partial charge in [-0.2, -0.15) is 13.2 Å². The molecule has 0 aliphatic heterocycles. The fourth-order valence-corrected chi connectivity index (χ4v) is 3.28. The van der Waals surface area contributed by atoms with Crippen molar-refractivity contribution in [1.82, 2.24) is 0 Å². The lowest BCUT2D eigenvalue weighted by atomic mass is 9.92. The molecule has 2 rings (SSSR count). The van der Waals surface area contributed by atoms with Gasteiger partial charge in [0, 0.05) is 28.6 Å². The largest absolute Gasteiger partial charge is 0.399 e. The van der Waals surface area contributed by atoms with Crippen LogP contribution in [-0.4, -0.2) is 12.0 Å². The molecule has 0 amide bonds. The molecule has 0 fully saturated rings. The fraction of sp³-hybridized carbons (Fsp3) is 0.318. The lowest BCUT2D eigenvalue weighted by Gasteiger charge is -2.20. The normalized spacial score (nSPS) is 14.0. The number of hydrogen-bond donors (Lipinski definition) is 0. The molecule has 0 spiro atoms. The maximum Gasteiger partial charge on any atom is 0.399 e. The van der Waals surface area contributed by atoms with Crippen LogP contribution < -0.4 is 0 Å². The van der Waals surface area contributed by atoms with Crippen molar-refractivity contribution in [2.75, 3.05) is 0 Å². The van der Waals surface area contributed by atoms with Crippen LogP contribution in [0.1, 0.15) is 57.9 Å². The third-order valence-corrected chi connectivity index (χ3v) is 5.19. The molecule has 1 unspecified atom stereocenters. The molecule has 0 bridgehead atoms.